The normalized spacial score (nSPS) is 11.5. The molecule has 0 bridgehead atoms. The SMILES string of the molecule is Cc1ccc(C(=O)O)c(N(CCCC(c2ccccc2)(c2ccccc2)c2ccccc2)CC(=O)NCCCC(c2ccccc2)(c2ccccc2)c2ccccc2)c1. The quantitative estimate of drug-likeness (QED) is 0.0673. The summed E-state index contributed by atoms with van der Waals surface area (Å²) in [6.45, 7) is 2.93. The lowest BCUT2D eigenvalue weighted by Gasteiger charge is -2.37. The van der Waals surface area contributed by atoms with E-state index in [1.54, 1.807) is 6.07 Å². The minimum absolute atomic E-state index is 0.0277. The number of amides is 1. The highest BCUT2D eigenvalue weighted by Crippen LogP contribution is 2.44. The minimum Gasteiger partial charge on any atom is -0.478 e. The molecule has 7 aromatic carbocycles. The molecule has 59 heavy (non-hydrogen) atoms. The van der Waals surface area contributed by atoms with E-state index in [-0.39, 0.29) is 18.0 Å². The zero-order valence-electron chi connectivity index (χ0n) is 33.7. The second-order valence-electron chi connectivity index (χ2n) is 15.3. The summed E-state index contributed by atoms with van der Waals surface area (Å²) in [5.74, 6) is -1.16. The molecule has 2 N–H and O–H groups in total. The lowest BCUT2D eigenvalue weighted by molar-refractivity contribution is -0.119. The third kappa shape index (κ3) is 9.05. The van der Waals surface area contributed by atoms with E-state index in [1.807, 2.05) is 60.4 Å². The highest BCUT2D eigenvalue weighted by molar-refractivity contribution is 5.95. The molecule has 0 aromatic heterocycles. The lowest BCUT2D eigenvalue weighted by Crippen LogP contribution is -2.40. The number of hydrogen-bond donors (Lipinski definition) is 2. The van der Waals surface area contributed by atoms with Crippen LogP contribution in [-0.4, -0.2) is 36.6 Å². The van der Waals surface area contributed by atoms with Gasteiger partial charge in [-0.1, -0.05) is 188 Å². The van der Waals surface area contributed by atoms with Gasteiger partial charge in [0.15, 0.2) is 0 Å². The van der Waals surface area contributed by atoms with Crippen LogP contribution in [-0.2, 0) is 15.6 Å². The van der Waals surface area contributed by atoms with E-state index in [9.17, 15) is 14.7 Å². The Labute approximate surface area is 349 Å². The number of carbonyl (C=O) groups excluding carboxylic acids is 1. The van der Waals surface area contributed by atoms with Crippen molar-refractivity contribution >= 4 is 17.6 Å². The molecular weight excluding hydrogens is 725 g/mol. The fraction of sp³-hybridized carbons (Fsp3) is 0.185. The van der Waals surface area contributed by atoms with Crippen molar-refractivity contribution in [2.45, 2.75) is 43.4 Å². The minimum atomic E-state index is -1.02. The molecule has 1 amide bonds. The molecule has 0 aliphatic carbocycles. The average Bonchev–Trinajstić information content (AvgIpc) is 3.29. The summed E-state index contributed by atoms with van der Waals surface area (Å²) in [6.07, 6.45) is 2.92. The van der Waals surface area contributed by atoms with Gasteiger partial charge in [-0.3, -0.25) is 4.79 Å². The van der Waals surface area contributed by atoms with E-state index in [4.69, 9.17) is 0 Å². The van der Waals surface area contributed by atoms with Crippen LogP contribution < -0.4 is 10.2 Å². The first kappa shape index (κ1) is 40.5. The van der Waals surface area contributed by atoms with Crippen LogP contribution in [0.1, 0.15) is 75.0 Å². The third-order valence-electron chi connectivity index (χ3n) is 11.7. The van der Waals surface area contributed by atoms with Crippen molar-refractivity contribution in [2.75, 3.05) is 24.5 Å². The van der Waals surface area contributed by atoms with E-state index in [0.717, 1.165) is 24.8 Å². The largest absolute Gasteiger partial charge is 0.478 e. The van der Waals surface area contributed by atoms with Crippen LogP contribution in [0.3, 0.4) is 0 Å². The summed E-state index contributed by atoms with van der Waals surface area (Å²) in [5, 5.41) is 13.6. The average molecular weight is 777 g/mol. The molecule has 0 aliphatic heterocycles. The fourth-order valence-corrected chi connectivity index (χ4v) is 8.92. The number of anilines is 1. The van der Waals surface area contributed by atoms with Gasteiger partial charge in [0.2, 0.25) is 5.91 Å². The molecule has 7 aromatic rings. The van der Waals surface area contributed by atoms with Crippen LogP contribution in [0, 0.1) is 6.92 Å². The number of nitrogens with one attached hydrogen (secondary N) is 1. The molecule has 296 valence electrons. The van der Waals surface area contributed by atoms with Gasteiger partial charge in [0.05, 0.1) is 17.8 Å². The van der Waals surface area contributed by atoms with Crippen LogP contribution in [0.15, 0.2) is 200 Å². The van der Waals surface area contributed by atoms with Crippen LogP contribution >= 0.6 is 0 Å². The van der Waals surface area contributed by atoms with Crippen LogP contribution in [0.25, 0.3) is 0 Å². The molecule has 0 atom stereocenters. The molecule has 0 saturated heterocycles. The van der Waals surface area contributed by atoms with Gasteiger partial charge >= 0.3 is 5.97 Å². The number of carboxylic acids is 1. The van der Waals surface area contributed by atoms with E-state index >= 15 is 0 Å². The second-order valence-corrected chi connectivity index (χ2v) is 15.3. The molecule has 5 nitrogen and oxygen atoms in total. The zero-order valence-corrected chi connectivity index (χ0v) is 33.7. The van der Waals surface area contributed by atoms with Crippen molar-refractivity contribution < 1.29 is 14.7 Å². The number of benzene rings is 7. The van der Waals surface area contributed by atoms with Gasteiger partial charge in [0, 0.05) is 23.9 Å². The first-order chi connectivity index (χ1) is 28.9. The number of hydrogen-bond acceptors (Lipinski definition) is 3. The highest BCUT2D eigenvalue weighted by atomic mass is 16.4. The van der Waals surface area contributed by atoms with Crippen LogP contribution in [0.5, 0.6) is 0 Å². The molecule has 5 heteroatoms. The first-order valence-electron chi connectivity index (χ1n) is 20.6. The van der Waals surface area contributed by atoms with Crippen molar-refractivity contribution in [1.82, 2.24) is 5.32 Å². The molecule has 0 fully saturated rings. The third-order valence-corrected chi connectivity index (χ3v) is 11.7. The number of nitrogens with zero attached hydrogens (tertiary/aromatic N) is 1. The number of carbonyl (C=O) groups is 2. The van der Waals surface area contributed by atoms with Gasteiger partial charge in [-0.25, -0.2) is 4.79 Å². The van der Waals surface area contributed by atoms with Crippen molar-refractivity contribution in [3.8, 4) is 0 Å². The van der Waals surface area contributed by atoms with Gasteiger partial charge in [0.1, 0.15) is 0 Å². The van der Waals surface area contributed by atoms with Gasteiger partial charge in [-0.15, -0.1) is 0 Å². The van der Waals surface area contributed by atoms with Crippen molar-refractivity contribution in [1.29, 1.82) is 0 Å². The summed E-state index contributed by atoms with van der Waals surface area (Å²) in [5.41, 5.74) is 7.93. The summed E-state index contributed by atoms with van der Waals surface area (Å²) in [7, 11) is 0. The van der Waals surface area contributed by atoms with Crippen LogP contribution in [0.4, 0.5) is 5.69 Å². The van der Waals surface area contributed by atoms with E-state index < -0.39 is 16.8 Å². The summed E-state index contributed by atoms with van der Waals surface area (Å²) in [4.78, 5) is 28.6. The number of aromatic carboxylic acids is 1. The molecule has 0 radical (unpaired) electrons. The Morgan fingerprint density at radius 1 is 0.508 bits per heavy atom. The maximum absolute atomic E-state index is 14.1. The molecular formula is C54H52N2O3. The number of aryl methyl sites for hydroxylation is 1. The van der Waals surface area contributed by atoms with E-state index in [1.165, 1.54) is 33.4 Å². The van der Waals surface area contributed by atoms with Crippen molar-refractivity contribution in [3.63, 3.8) is 0 Å². The predicted octanol–water partition coefficient (Wildman–Crippen LogP) is 11.2. The Morgan fingerprint density at radius 3 is 1.22 bits per heavy atom. The van der Waals surface area contributed by atoms with Gasteiger partial charge in [-0.05, 0) is 83.7 Å². The standard InChI is InChI=1S/C54H52N2O3/c1-42-34-35-49(52(58)59)50(40-42)56(39-21-37-54(46-28-14-5-15-29-46,47-30-16-6-17-31-47)48-32-18-7-19-33-48)41-51(57)55-38-20-36-53(43-22-8-2-9-23-43,44-24-10-3-11-25-44)45-26-12-4-13-27-45/h2-19,22-35,40H,20-21,36-39,41H2,1H3,(H,55,57)(H,58,59). The van der Waals surface area contributed by atoms with E-state index in [0.29, 0.717) is 25.2 Å². The Balaban J connectivity index is 1.14. The second kappa shape index (κ2) is 19.1. The topological polar surface area (TPSA) is 69.6 Å². The van der Waals surface area contributed by atoms with Crippen molar-refractivity contribution in [2.24, 2.45) is 0 Å². The molecule has 0 aliphatic rings. The smallest absolute Gasteiger partial charge is 0.337 e. The zero-order chi connectivity index (χ0) is 40.9. The monoisotopic (exact) mass is 776 g/mol. The number of rotatable bonds is 18. The maximum atomic E-state index is 14.1. The highest BCUT2D eigenvalue weighted by Gasteiger charge is 2.37. The molecule has 0 saturated carbocycles. The van der Waals surface area contributed by atoms with Gasteiger partial charge < -0.3 is 15.3 Å². The van der Waals surface area contributed by atoms with Gasteiger partial charge in [0.25, 0.3) is 0 Å². The molecule has 0 spiro atoms. The lowest BCUT2D eigenvalue weighted by atomic mass is 9.66. The molecule has 0 unspecified atom stereocenters. The van der Waals surface area contributed by atoms with Crippen molar-refractivity contribution in [3.05, 3.63) is 245 Å². The van der Waals surface area contributed by atoms with Crippen LogP contribution in [0.2, 0.25) is 0 Å². The maximum Gasteiger partial charge on any atom is 0.337 e. The Morgan fingerprint density at radius 2 is 0.864 bits per heavy atom. The Hall–Kier alpha value is -6.72. The Bertz CT molecular complexity index is 2190. The summed E-state index contributed by atoms with van der Waals surface area (Å²) < 4.78 is 0. The van der Waals surface area contributed by atoms with E-state index in [2.05, 4.69) is 151 Å². The number of carboxylic acid groups (broad SMARTS) is 1. The Kier molecular flexibility index (Phi) is 13.1. The fourth-order valence-electron chi connectivity index (χ4n) is 8.92. The predicted molar refractivity (Wildman–Crippen MR) is 240 cm³/mol. The first-order valence-corrected chi connectivity index (χ1v) is 20.6. The van der Waals surface area contributed by atoms with Gasteiger partial charge in [-0.2, -0.15) is 0 Å². The summed E-state index contributed by atoms with van der Waals surface area (Å²) in [6, 6.07) is 69.0. The summed E-state index contributed by atoms with van der Waals surface area (Å²) >= 11 is 0. The molecule has 7 rings (SSSR count). The molecule has 0 heterocycles.